The minimum Gasteiger partial charge on any atom is -0.497 e. The standard InChI is InChI=1S/C25H26ClN5O4/c1-35-17-9-10-20(19(26)14-17)29-23-18(22(27)24(28)33)11-13-31(25(23)34)16-7-5-15(6-8-16)30-12-3-2-4-21(30)32/h5-10,14H,2-4,11-13,27H2,1H3,(H2,28,33). The molecule has 2 aromatic carbocycles. The van der Waals surface area contributed by atoms with Gasteiger partial charge in [0.15, 0.2) is 0 Å². The highest BCUT2D eigenvalue weighted by molar-refractivity contribution is 6.51. The molecule has 0 unspecified atom stereocenters. The third kappa shape index (κ3) is 5.00. The van der Waals surface area contributed by atoms with Crippen molar-refractivity contribution in [3.05, 3.63) is 58.8 Å². The van der Waals surface area contributed by atoms with Gasteiger partial charge in [0.1, 0.15) is 17.2 Å². The number of amides is 3. The number of halogens is 1. The van der Waals surface area contributed by atoms with Crippen LogP contribution in [0.5, 0.6) is 5.75 Å². The van der Waals surface area contributed by atoms with Crippen LogP contribution in [0.25, 0.3) is 0 Å². The monoisotopic (exact) mass is 495 g/mol. The highest BCUT2D eigenvalue weighted by Crippen LogP contribution is 2.32. The number of methoxy groups -OCH3 is 1. The van der Waals surface area contributed by atoms with E-state index < -0.39 is 11.8 Å². The smallest absolute Gasteiger partial charge is 0.277 e. The number of nitrogens with zero attached hydrogens (tertiary/aromatic N) is 3. The lowest BCUT2D eigenvalue weighted by atomic mass is 9.97. The van der Waals surface area contributed by atoms with Gasteiger partial charge in [0, 0.05) is 42.5 Å². The van der Waals surface area contributed by atoms with Gasteiger partial charge in [-0.25, -0.2) is 4.99 Å². The van der Waals surface area contributed by atoms with Crippen LogP contribution in [0.3, 0.4) is 0 Å². The SMILES string of the molecule is COc1ccc(N=C2C(=O)N(c3ccc(N4CCCCC4=O)cc3)CCC2=C(N)C(N)=O)c(Cl)c1. The number of nitrogens with two attached hydrogens (primary N) is 2. The van der Waals surface area contributed by atoms with Crippen LogP contribution < -0.4 is 26.0 Å². The molecule has 2 aliphatic rings. The van der Waals surface area contributed by atoms with Crippen LogP contribution in [0.15, 0.2) is 58.7 Å². The van der Waals surface area contributed by atoms with E-state index in [4.69, 9.17) is 27.8 Å². The van der Waals surface area contributed by atoms with Crippen molar-refractivity contribution in [2.24, 2.45) is 16.5 Å². The molecule has 182 valence electrons. The molecule has 0 spiro atoms. The lowest BCUT2D eigenvalue weighted by Gasteiger charge is -2.31. The fourth-order valence-electron chi connectivity index (χ4n) is 4.19. The zero-order valence-corrected chi connectivity index (χ0v) is 20.0. The number of carbonyl (C=O) groups is 3. The van der Waals surface area contributed by atoms with Crippen LogP contribution >= 0.6 is 11.6 Å². The molecule has 0 bridgehead atoms. The fraction of sp³-hybridized carbons (Fsp3) is 0.280. The molecule has 0 aliphatic carbocycles. The van der Waals surface area contributed by atoms with Gasteiger partial charge in [-0.1, -0.05) is 11.6 Å². The van der Waals surface area contributed by atoms with Crippen molar-refractivity contribution in [3.8, 4) is 5.75 Å². The average Bonchev–Trinajstić information content (AvgIpc) is 2.86. The Labute approximate surface area is 208 Å². The Morgan fingerprint density at radius 3 is 2.26 bits per heavy atom. The van der Waals surface area contributed by atoms with Gasteiger partial charge in [0.05, 0.1) is 17.8 Å². The van der Waals surface area contributed by atoms with E-state index in [0.29, 0.717) is 30.1 Å². The number of piperidine rings is 2. The van der Waals surface area contributed by atoms with E-state index in [1.807, 2.05) is 12.1 Å². The first-order chi connectivity index (χ1) is 16.8. The molecule has 9 nitrogen and oxygen atoms in total. The number of carbonyl (C=O) groups excluding carboxylic acids is 3. The summed E-state index contributed by atoms with van der Waals surface area (Å²) in [5.41, 5.74) is 13.2. The van der Waals surface area contributed by atoms with Crippen LogP contribution in [0, 0.1) is 0 Å². The molecule has 2 aliphatic heterocycles. The minimum atomic E-state index is -0.828. The predicted molar refractivity (Wildman–Crippen MR) is 135 cm³/mol. The largest absolute Gasteiger partial charge is 0.497 e. The number of hydrogen-bond donors (Lipinski definition) is 2. The number of anilines is 2. The van der Waals surface area contributed by atoms with E-state index in [9.17, 15) is 14.4 Å². The second kappa shape index (κ2) is 10.2. The van der Waals surface area contributed by atoms with Crippen LogP contribution in [-0.4, -0.2) is 43.6 Å². The zero-order valence-electron chi connectivity index (χ0n) is 19.3. The van der Waals surface area contributed by atoms with Crippen LogP contribution in [0.4, 0.5) is 17.1 Å². The Hall–Kier alpha value is -3.85. The highest BCUT2D eigenvalue weighted by atomic mass is 35.5. The summed E-state index contributed by atoms with van der Waals surface area (Å²) in [5, 5.41) is 0.273. The van der Waals surface area contributed by atoms with E-state index in [1.165, 1.54) is 7.11 Å². The zero-order chi connectivity index (χ0) is 25.1. The molecule has 0 radical (unpaired) electrons. The predicted octanol–water partition coefficient (Wildman–Crippen LogP) is 3.07. The number of rotatable bonds is 5. The van der Waals surface area contributed by atoms with E-state index >= 15 is 0 Å². The van der Waals surface area contributed by atoms with Gasteiger partial charge in [0.2, 0.25) is 5.91 Å². The topological polar surface area (TPSA) is 131 Å². The second-order valence-corrected chi connectivity index (χ2v) is 8.67. The summed E-state index contributed by atoms with van der Waals surface area (Å²) >= 11 is 6.34. The summed E-state index contributed by atoms with van der Waals surface area (Å²) in [7, 11) is 1.51. The molecule has 2 heterocycles. The van der Waals surface area contributed by atoms with Crippen molar-refractivity contribution in [3.63, 3.8) is 0 Å². The van der Waals surface area contributed by atoms with Gasteiger partial charge in [-0.3, -0.25) is 14.4 Å². The third-order valence-electron chi connectivity index (χ3n) is 6.09. The molecular formula is C25H26ClN5O4. The molecule has 2 aromatic rings. The van der Waals surface area contributed by atoms with Crippen molar-refractivity contribution >= 4 is 52.1 Å². The maximum absolute atomic E-state index is 13.6. The first kappa shape index (κ1) is 24.3. The van der Waals surface area contributed by atoms with E-state index in [0.717, 1.165) is 18.5 Å². The molecule has 3 amide bonds. The second-order valence-electron chi connectivity index (χ2n) is 8.26. The Kier molecular flexibility index (Phi) is 7.07. The fourth-order valence-corrected chi connectivity index (χ4v) is 4.40. The van der Waals surface area contributed by atoms with Crippen molar-refractivity contribution in [2.75, 3.05) is 30.0 Å². The van der Waals surface area contributed by atoms with E-state index in [2.05, 4.69) is 4.99 Å². The first-order valence-electron chi connectivity index (χ1n) is 11.2. The molecule has 2 saturated heterocycles. The quantitative estimate of drug-likeness (QED) is 0.615. The molecule has 0 aromatic heterocycles. The summed E-state index contributed by atoms with van der Waals surface area (Å²) < 4.78 is 5.16. The number of hydrogen-bond acceptors (Lipinski definition) is 6. The highest BCUT2D eigenvalue weighted by Gasteiger charge is 2.33. The Balaban J connectivity index is 1.69. The maximum atomic E-state index is 13.6. The van der Waals surface area contributed by atoms with Crippen LogP contribution in [0.1, 0.15) is 25.7 Å². The number of aliphatic imine (C=N–C) groups is 1. The molecule has 35 heavy (non-hydrogen) atoms. The Morgan fingerprint density at radius 2 is 1.66 bits per heavy atom. The van der Waals surface area contributed by atoms with Gasteiger partial charge in [-0.15, -0.1) is 0 Å². The number of ether oxygens (including phenoxy) is 1. The summed E-state index contributed by atoms with van der Waals surface area (Å²) in [6, 6.07) is 12.1. The molecule has 2 fully saturated rings. The van der Waals surface area contributed by atoms with Crippen LogP contribution in [0.2, 0.25) is 5.02 Å². The van der Waals surface area contributed by atoms with Crippen molar-refractivity contribution in [2.45, 2.75) is 25.7 Å². The Bertz CT molecular complexity index is 1240. The van der Waals surface area contributed by atoms with Gasteiger partial charge >= 0.3 is 0 Å². The minimum absolute atomic E-state index is 0.00472. The number of primary amides is 1. The van der Waals surface area contributed by atoms with Crippen molar-refractivity contribution in [1.82, 2.24) is 0 Å². The van der Waals surface area contributed by atoms with E-state index in [-0.39, 0.29) is 40.9 Å². The average molecular weight is 496 g/mol. The van der Waals surface area contributed by atoms with E-state index in [1.54, 1.807) is 40.1 Å². The molecule has 0 saturated carbocycles. The van der Waals surface area contributed by atoms with Gasteiger partial charge < -0.3 is 26.0 Å². The number of benzene rings is 2. The normalized spacial score (nSPS) is 19.2. The van der Waals surface area contributed by atoms with Crippen molar-refractivity contribution < 1.29 is 19.1 Å². The third-order valence-corrected chi connectivity index (χ3v) is 6.40. The van der Waals surface area contributed by atoms with Crippen LogP contribution in [-0.2, 0) is 14.4 Å². The maximum Gasteiger partial charge on any atom is 0.277 e. The summed E-state index contributed by atoms with van der Waals surface area (Å²) in [4.78, 5) is 45.4. The molecular weight excluding hydrogens is 470 g/mol. The van der Waals surface area contributed by atoms with Gasteiger partial charge in [-0.05, 0) is 55.7 Å². The van der Waals surface area contributed by atoms with Gasteiger partial charge in [-0.2, -0.15) is 0 Å². The summed E-state index contributed by atoms with van der Waals surface area (Å²) in [6.07, 6.45) is 2.68. The Morgan fingerprint density at radius 1 is 0.971 bits per heavy atom. The molecule has 10 heteroatoms. The summed E-state index contributed by atoms with van der Waals surface area (Å²) in [6.45, 7) is 0.959. The molecule has 4 rings (SSSR count). The molecule has 0 atom stereocenters. The lowest BCUT2D eigenvalue weighted by molar-refractivity contribution is -0.119. The van der Waals surface area contributed by atoms with Crippen molar-refractivity contribution in [1.29, 1.82) is 0 Å². The summed E-state index contributed by atoms with van der Waals surface area (Å²) in [5.74, 6) is -0.634. The first-order valence-corrected chi connectivity index (χ1v) is 11.6. The molecule has 4 N–H and O–H groups in total. The lowest BCUT2D eigenvalue weighted by Crippen LogP contribution is -2.44. The van der Waals surface area contributed by atoms with Gasteiger partial charge in [0.25, 0.3) is 11.8 Å².